The van der Waals surface area contributed by atoms with Crippen LogP contribution in [0.4, 0.5) is 11.8 Å². The zero-order valence-electron chi connectivity index (χ0n) is 12.7. The Morgan fingerprint density at radius 2 is 2.23 bits per heavy atom. The second-order valence-corrected chi connectivity index (χ2v) is 5.56. The van der Waals surface area contributed by atoms with Crippen LogP contribution in [0.3, 0.4) is 0 Å². The molecule has 0 spiro atoms. The molecule has 114 valence electrons. The number of fused-ring (bicyclic) bond motifs is 1. The number of pyridine rings is 1. The molecule has 0 fully saturated rings. The molecule has 0 bridgehead atoms. The maximum atomic E-state index is 11.9. The highest BCUT2D eigenvalue weighted by atomic mass is 16.1. The highest BCUT2D eigenvalue weighted by molar-refractivity contribution is 5.91. The van der Waals surface area contributed by atoms with Crippen LogP contribution < -0.4 is 10.6 Å². The minimum Gasteiger partial charge on any atom is -0.346 e. The molecule has 0 radical (unpaired) electrons. The largest absolute Gasteiger partial charge is 0.346 e. The number of hydrogen-bond donors (Lipinski definition) is 2. The van der Waals surface area contributed by atoms with Crippen molar-refractivity contribution in [3.63, 3.8) is 0 Å². The van der Waals surface area contributed by atoms with Gasteiger partial charge in [0.2, 0.25) is 11.9 Å². The lowest BCUT2D eigenvalue weighted by molar-refractivity contribution is -0.118. The number of carbonyl (C=O) groups excluding carboxylic acids is 1. The number of hydrogen-bond acceptors (Lipinski definition) is 4. The lowest BCUT2D eigenvalue weighted by Crippen LogP contribution is -2.20. The number of nitrogens with one attached hydrogen (secondary N) is 2. The van der Waals surface area contributed by atoms with Crippen LogP contribution in [0, 0.1) is 5.92 Å². The summed E-state index contributed by atoms with van der Waals surface area (Å²) < 4.78 is 1.64. The van der Waals surface area contributed by atoms with Gasteiger partial charge in [0.15, 0.2) is 5.65 Å². The highest BCUT2D eigenvalue weighted by Gasteiger charge is 2.13. The van der Waals surface area contributed by atoms with E-state index in [2.05, 4.69) is 32.9 Å². The predicted octanol–water partition coefficient (Wildman–Crippen LogP) is 2.62. The van der Waals surface area contributed by atoms with E-state index in [1.54, 1.807) is 4.52 Å². The summed E-state index contributed by atoms with van der Waals surface area (Å²) in [5.74, 6) is 1.04. The van der Waals surface area contributed by atoms with Gasteiger partial charge in [0.1, 0.15) is 5.82 Å². The fourth-order valence-electron chi connectivity index (χ4n) is 2.19. The van der Waals surface area contributed by atoms with Gasteiger partial charge in [-0.25, -0.2) is 0 Å². The summed E-state index contributed by atoms with van der Waals surface area (Å²) in [5, 5.41) is 10.6. The normalized spacial score (nSPS) is 17.1. The Hall–Kier alpha value is -2.63. The van der Waals surface area contributed by atoms with E-state index in [0.717, 1.165) is 6.42 Å². The van der Waals surface area contributed by atoms with E-state index in [4.69, 9.17) is 0 Å². The van der Waals surface area contributed by atoms with E-state index < -0.39 is 0 Å². The van der Waals surface area contributed by atoms with E-state index in [-0.39, 0.29) is 17.9 Å². The molecule has 2 aromatic heterocycles. The van der Waals surface area contributed by atoms with Gasteiger partial charge >= 0.3 is 0 Å². The van der Waals surface area contributed by atoms with Crippen molar-refractivity contribution in [2.45, 2.75) is 26.3 Å². The van der Waals surface area contributed by atoms with Crippen LogP contribution in [-0.4, -0.2) is 26.5 Å². The molecule has 0 saturated heterocycles. The number of aromatic nitrogens is 3. The minimum atomic E-state index is -0.0875. The molecule has 2 N–H and O–H groups in total. The van der Waals surface area contributed by atoms with E-state index in [0.29, 0.717) is 17.4 Å². The van der Waals surface area contributed by atoms with Crippen molar-refractivity contribution in [2.75, 3.05) is 10.6 Å². The average Bonchev–Trinajstić information content (AvgIpc) is 2.91. The van der Waals surface area contributed by atoms with Crippen LogP contribution in [0.2, 0.25) is 0 Å². The molecule has 0 aliphatic heterocycles. The summed E-state index contributed by atoms with van der Waals surface area (Å²) >= 11 is 0. The third-order valence-corrected chi connectivity index (χ3v) is 3.43. The summed E-state index contributed by atoms with van der Waals surface area (Å²) in [6.45, 7) is 3.71. The quantitative estimate of drug-likeness (QED) is 0.910. The van der Waals surface area contributed by atoms with Gasteiger partial charge in [-0.15, -0.1) is 5.10 Å². The summed E-state index contributed by atoms with van der Waals surface area (Å²) in [6, 6.07) is 5.72. The van der Waals surface area contributed by atoms with Gasteiger partial charge in [-0.05, 0) is 18.6 Å². The smallest absolute Gasteiger partial charge is 0.243 e. The number of allylic oxidation sites excluding steroid dienone is 2. The number of amides is 1. The highest BCUT2D eigenvalue weighted by Crippen LogP contribution is 2.15. The van der Waals surface area contributed by atoms with Crippen LogP contribution in [0.15, 0.2) is 42.5 Å². The fourth-order valence-corrected chi connectivity index (χ4v) is 2.19. The predicted molar refractivity (Wildman–Crippen MR) is 86.8 cm³/mol. The van der Waals surface area contributed by atoms with Gasteiger partial charge in [0.05, 0.1) is 6.04 Å². The molecule has 2 heterocycles. The van der Waals surface area contributed by atoms with Crippen LogP contribution >= 0.6 is 0 Å². The molecule has 1 atom stereocenters. The van der Waals surface area contributed by atoms with Gasteiger partial charge in [0.25, 0.3) is 0 Å². The molecular weight excluding hydrogens is 278 g/mol. The van der Waals surface area contributed by atoms with Crippen molar-refractivity contribution in [1.29, 1.82) is 0 Å². The monoisotopic (exact) mass is 297 g/mol. The third-order valence-electron chi connectivity index (χ3n) is 3.43. The number of carbonyl (C=O) groups is 1. The number of rotatable bonds is 4. The molecule has 2 aromatic rings. The summed E-state index contributed by atoms with van der Waals surface area (Å²) in [7, 11) is 0. The van der Waals surface area contributed by atoms with Gasteiger partial charge in [-0.1, -0.05) is 44.2 Å². The first-order valence-corrected chi connectivity index (χ1v) is 7.40. The molecule has 6 heteroatoms. The number of nitrogens with zero attached hydrogens (tertiary/aromatic N) is 3. The van der Waals surface area contributed by atoms with Crippen molar-refractivity contribution in [2.24, 2.45) is 5.92 Å². The Bertz CT molecular complexity index is 744. The molecule has 1 unspecified atom stereocenters. The molecule has 22 heavy (non-hydrogen) atoms. The molecule has 6 nitrogen and oxygen atoms in total. The minimum absolute atomic E-state index is 0.0436. The van der Waals surface area contributed by atoms with Crippen molar-refractivity contribution < 1.29 is 4.79 Å². The Morgan fingerprint density at radius 3 is 2.95 bits per heavy atom. The van der Waals surface area contributed by atoms with Crippen LogP contribution in [0.1, 0.15) is 20.3 Å². The molecule has 1 amide bonds. The van der Waals surface area contributed by atoms with E-state index in [9.17, 15) is 4.79 Å². The standard InChI is InChI=1S/C16H19N5O/c1-11(2)15(22)18-13-9-6-10-14-19-16(20-21(13)14)17-12-7-4-3-5-8-12/h3-7,9-12H,8H2,1-2H3,(H,17,20)(H,18,22). The third kappa shape index (κ3) is 3.00. The lowest BCUT2D eigenvalue weighted by Gasteiger charge is -2.12. The first-order valence-electron chi connectivity index (χ1n) is 7.40. The topological polar surface area (TPSA) is 71.3 Å². The molecule has 0 saturated carbocycles. The van der Waals surface area contributed by atoms with Gasteiger partial charge < -0.3 is 10.6 Å². The van der Waals surface area contributed by atoms with E-state index in [1.807, 2.05) is 44.2 Å². The van der Waals surface area contributed by atoms with Crippen LogP contribution in [0.5, 0.6) is 0 Å². The van der Waals surface area contributed by atoms with E-state index in [1.165, 1.54) is 0 Å². The zero-order chi connectivity index (χ0) is 15.5. The van der Waals surface area contributed by atoms with Gasteiger partial charge in [-0.3, -0.25) is 4.79 Å². The zero-order valence-corrected chi connectivity index (χ0v) is 12.7. The summed E-state index contributed by atoms with van der Waals surface area (Å²) in [6.07, 6.45) is 9.11. The number of anilines is 2. The first kappa shape index (κ1) is 14.3. The SMILES string of the molecule is CC(C)C(=O)Nc1cccc2nc(NC3C=CC=CC3)nn12. The van der Waals surface area contributed by atoms with Crippen LogP contribution in [0.25, 0.3) is 5.65 Å². The second kappa shape index (κ2) is 6.01. The second-order valence-electron chi connectivity index (χ2n) is 5.56. The molecule has 1 aliphatic rings. The van der Waals surface area contributed by atoms with Crippen molar-refractivity contribution >= 4 is 23.3 Å². The van der Waals surface area contributed by atoms with Crippen LogP contribution in [-0.2, 0) is 4.79 Å². The maximum absolute atomic E-state index is 11.9. The molecular formula is C16H19N5O. The molecule has 3 rings (SSSR count). The molecule has 1 aliphatic carbocycles. The lowest BCUT2D eigenvalue weighted by atomic mass is 10.1. The summed E-state index contributed by atoms with van der Waals surface area (Å²) in [4.78, 5) is 16.3. The Balaban J connectivity index is 1.84. The fraction of sp³-hybridized carbons (Fsp3) is 0.312. The van der Waals surface area contributed by atoms with Crippen molar-refractivity contribution in [3.8, 4) is 0 Å². The maximum Gasteiger partial charge on any atom is 0.243 e. The molecule has 0 aromatic carbocycles. The van der Waals surface area contributed by atoms with E-state index >= 15 is 0 Å². The summed E-state index contributed by atoms with van der Waals surface area (Å²) in [5.41, 5.74) is 0.694. The van der Waals surface area contributed by atoms with Gasteiger partial charge in [0, 0.05) is 5.92 Å². The Kier molecular flexibility index (Phi) is 3.91. The first-order chi connectivity index (χ1) is 10.6. The Labute approximate surface area is 128 Å². The van der Waals surface area contributed by atoms with Gasteiger partial charge in [-0.2, -0.15) is 9.50 Å². The van der Waals surface area contributed by atoms with Crippen molar-refractivity contribution in [1.82, 2.24) is 14.6 Å². The average molecular weight is 297 g/mol. The van der Waals surface area contributed by atoms with Crippen molar-refractivity contribution in [3.05, 3.63) is 42.5 Å². The Morgan fingerprint density at radius 1 is 1.36 bits per heavy atom.